The number of anilines is 1. The molecule has 2 amide bonds. The summed E-state index contributed by atoms with van der Waals surface area (Å²) in [4.78, 5) is 23.2. The van der Waals surface area contributed by atoms with Crippen molar-refractivity contribution < 1.29 is 26.9 Å². The molecule has 0 radical (unpaired) electrons. The maximum absolute atomic E-state index is 12.7. The van der Waals surface area contributed by atoms with E-state index >= 15 is 0 Å². The van der Waals surface area contributed by atoms with Crippen molar-refractivity contribution in [3.8, 4) is 11.5 Å². The minimum atomic E-state index is -4.20. The van der Waals surface area contributed by atoms with Crippen LogP contribution in [0.15, 0.2) is 76.7 Å². The average Bonchev–Trinajstić information content (AvgIpc) is 2.79. The van der Waals surface area contributed by atoms with Gasteiger partial charge in [-0.2, -0.15) is 13.5 Å². The van der Waals surface area contributed by atoms with Crippen molar-refractivity contribution in [1.82, 2.24) is 5.43 Å². The van der Waals surface area contributed by atoms with Gasteiger partial charge in [0.05, 0.1) is 13.3 Å². The first-order chi connectivity index (χ1) is 16.2. The van der Waals surface area contributed by atoms with Gasteiger partial charge in [-0.3, -0.25) is 9.59 Å². The Morgan fingerprint density at radius 2 is 1.74 bits per heavy atom. The van der Waals surface area contributed by atoms with Crippen molar-refractivity contribution in [3.05, 3.63) is 82.9 Å². The van der Waals surface area contributed by atoms with E-state index < -0.39 is 16.0 Å². The highest BCUT2D eigenvalue weighted by molar-refractivity contribution is 7.87. The fourth-order valence-electron chi connectivity index (χ4n) is 2.77. The minimum Gasteiger partial charge on any atom is -0.493 e. The highest BCUT2D eigenvalue weighted by atomic mass is 35.5. The average molecular weight is 502 g/mol. The quantitative estimate of drug-likeness (QED) is 0.274. The fourth-order valence-corrected chi connectivity index (χ4v) is 3.90. The Kier molecular flexibility index (Phi) is 7.87. The van der Waals surface area contributed by atoms with Crippen LogP contribution in [0.4, 0.5) is 5.69 Å². The number of hydrogen-bond acceptors (Lipinski definition) is 7. The molecule has 0 saturated heterocycles. The lowest BCUT2D eigenvalue weighted by atomic mass is 10.2. The van der Waals surface area contributed by atoms with Crippen LogP contribution in [-0.4, -0.2) is 33.6 Å². The Hall–Kier alpha value is -3.89. The molecule has 3 aromatic rings. The van der Waals surface area contributed by atoms with Crippen molar-refractivity contribution in [3.63, 3.8) is 0 Å². The molecule has 0 saturated carbocycles. The molecule has 2 N–H and O–H groups in total. The summed E-state index contributed by atoms with van der Waals surface area (Å²) in [6.45, 7) is 1.35. The monoisotopic (exact) mass is 501 g/mol. The van der Waals surface area contributed by atoms with Crippen LogP contribution in [0.5, 0.6) is 11.5 Å². The number of rotatable bonds is 8. The Labute approximate surface area is 201 Å². The lowest BCUT2D eigenvalue weighted by Gasteiger charge is -2.12. The molecule has 11 heteroatoms. The van der Waals surface area contributed by atoms with Crippen molar-refractivity contribution in [2.24, 2.45) is 5.10 Å². The molecule has 0 atom stereocenters. The minimum absolute atomic E-state index is 0.0708. The van der Waals surface area contributed by atoms with Crippen LogP contribution in [0, 0.1) is 0 Å². The molecule has 34 heavy (non-hydrogen) atoms. The van der Waals surface area contributed by atoms with Crippen LogP contribution in [0.25, 0.3) is 0 Å². The number of ether oxygens (including phenoxy) is 1. The number of benzene rings is 3. The molecule has 0 aromatic heterocycles. The van der Waals surface area contributed by atoms with E-state index in [0.717, 1.165) is 0 Å². The molecule has 0 spiro atoms. The van der Waals surface area contributed by atoms with Crippen LogP contribution < -0.4 is 19.7 Å². The van der Waals surface area contributed by atoms with Gasteiger partial charge in [0.15, 0.2) is 11.5 Å². The number of halogens is 1. The lowest BCUT2D eigenvalue weighted by Crippen LogP contribution is -2.17. The van der Waals surface area contributed by atoms with E-state index in [9.17, 15) is 18.0 Å². The number of methoxy groups -OCH3 is 1. The SMILES string of the molecule is COc1ccc(/C=N\NC(=O)c2cccc(Cl)c2)cc1OS(=O)(=O)c1ccc(NC(C)=O)cc1. The van der Waals surface area contributed by atoms with Gasteiger partial charge in [-0.1, -0.05) is 17.7 Å². The first-order valence-electron chi connectivity index (χ1n) is 9.77. The number of nitrogens with one attached hydrogen (secondary N) is 2. The van der Waals surface area contributed by atoms with Gasteiger partial charge in [0.2, 0.25) is 5.91 Å². The topological polar surface area (TPSA) is 123 Å². The van der Waals surface area contributed by atoms with Gasteiger partial charge in [0.25, 0.3) is 5.91 Å². The van der Waals surface area contributed by atoms with Crippen LogP contribution >= 0.6 is 11.6 Å². The summed E-state index contributed by atoms with van der Waals surface area (Å²) in [5.41, 5.74) is 3.59. The van der Waals surface area contributed by atoms with Gasteiger partial charge < -0.3 is 14.2 Å². The second-order valence-electron chi connectivity index (χ2n) is 6.86. The second kappa shape index (κ2) is 10.8. The number of nitrogens with zero attached hydrogens (tertiary/aromatic N) is 1. The smallest absolute Gasteiger partial charge is 0.339 e. The summed E-state index contributed by atoms with van der Waals surface area (Å²) in [7, 11) is -2.83. The third-order valence-electron chi connectivity index (χ3n) is 4.32. The summed E-state index contributed by atoms with van der Waals surface area (Å²) in [6.07, 6.45) is 1.32. The van der Waals surface area contributed by atoms with Crippen LogP contribution in [0.1, 0.15) is 22.8 Å². The normalized spacial score (nSPS) is 11.1. The van der Waals surface area contributed by atoms with Crippen LogP contribution in [0.3, 0.4) is 0 Å². The number of hydrazone groups is 1. The molecule has 0 aliphatic heterocycles. The Morgan fingerprint density at radius 1 is 1.00 bits per heavy atom. The summed E-state index contributed by atoms with van der Waals surface area (Å²) in [6, 6.07) is 16.4. The maximum Gasteiger partial charge on any atom is 0.339 e. The predicted molar refractivity (Wildman–Crippen MR) is 128 cm³/mol. The molecule has 0 heterocycles. The molecular weight excluding hydrogens is 482 g/mol. The van der Waals surface area contributed by atoms with E-state index in [4.69, 9.17) is 20.5 Å². The molecular formula is C23H20ClN3O6S. The van der Waals surface area contributed by atoms with Gasteiger partial charge in [-0.25, -0.2) is 5.43 Å². The number of amides is 2. The summed E-state index contributed by atoms with van der Waals surface area (Å²) in [5.74, 6) is -0.634. The molecule has 3 rings (SSSR count). The molecule has 0 fully saturated rings. The standard InChI is InChI=1S/C23H20ClN3O6S/c1-15(28)26-19-7-9-20(10-8-19)34(30,31)33-22-12-16(6-11-21(22)32-2)14-25-27-23(29)17-4-3-5-18(24)13-17/h3-14H,1-2H3,(H,26,28)(H,27,29)/b25-14-. The molecule has 0 bridgehead atoms. The van der Waals surface area contributed by atoms with E-state index in [2.05, 4.69) is 15.8 Å². The third-order valence-corrected chi connectivity index (χ3v) is 5.80. The number of carbonyl (C=O) groups is 2. The third kappa shape index (κ3) is 6.56. The van der Waals surface area contributed by atoms with E-state index in [1.165, 1.54) is 62.7 Å². The van der Waals surface area contributed by atoms with Crippen LogP contribution in [0.2, 0.25) is 5.02 Å². The zero-order valence-corrected chi connectivity index (χ0v) is 19.7. The largest absolute Gasteiger partial charge is 0.493 e. The Balaban J connectivity index is 1.76. The zero-order valence-electron chi connectivity index (χ0n) is 18.1. The van der Waals surface area contributed by atoms with Crippen molar-refractivity contribution in [2.75, 3.05) is 12.4 Å². The van der Waals surface area contributed by atoms with Crippen molar-refractivity contribution >= 4 is 45.4 Å². The highest BCUT2D eigenvalue weighted by Gasteiger charge is 2.19. The fraction of sp³-hybridized carbons (Fsp3) is 0.0870. The Bertz CT molecular complexity index is 1340. The van der Waals surface area contributed by atoms with Gasteiger partial charge in [0.1, 0.15) is 4.90 Å². The van der Waals surface area contributed by atoms with E-state index in [0.29, 0.717) is 21.8 Å². The molecule has 3 aromatic carbocycles. The van der Waals surface area contributed by atoms with Crippen molar-refractivity contribution in [2.45, 2.75) is 11.8 Å². The second-order valence-corrected chi connectivity index (χ2v) is 8.85. The van der Waals surface area contributed by atoms with E-state index in [1.807, 2.05) is 0 Å². The summed E-state index contributed by atoms with van der Waals surface area (Å²) >= 11 is 5.88. The Morgan fingerprint density at radius 3 is 2.38 bits per heavy atom. The summed E-state index contributed by atoms with van der Waals surface area (Å²) < 4.78 is 35.9. The first kappa shape index (κ1) is 24.7. The number of carbonyl (C=O) groups excluding carboxylic acids is 2. The zero-order chi connectivity index (χ0) is 24.7. The van der Waals surface area contributed by atoms with Gasteiger partial charge in [0, 0.05) is 23.2 Å². The molecule has 0 unspecified atom stereocenters. The van der Waals surface area contributed by atoms with E-state index in [1.54, 1.807) is 24.3 Å². The first-order valence-corrected chi connectivity index (χ1v) is 11.6. The highest BCUT2D eigenvalue weighted by Crippen LogP contribution is 2.30. The van der Waals surface area contributed by atoms with Crippen molar-refractivity contribution in [1.29, 1.82) is 0 Å². The molecule has 0 aliphatic rings. The summed E-state index contributed by atoms with van der Waals surface area (Å²) in [5, 5.41) is 6.85. The molecule has 0 aliphatic carbocycles. The van der Waals surface area contributed by atoms with Gasteiger partial charge >= 0.3 is 10.1 Å². The molecule has 9 nitrogen and oxygen atoms in total. The van der Waals surface area contributed by atoms with Gasteiger partial charge in [-0.15, -0.1) is 0 Å². The van der Waals surface area contributed by atoms with Gasteiger partial charge in [-0.05, 0) is 66.2 Å². The molecule has 176 valence electrons. The van der Waals surface area contributed by atoms with E-state index in [-0.39, 0.29) is 22.3 Å². The predicted octanol–water partition coefficient (Wildman–Crippen LogP) is 3.84. The maximum atomic E-state index is 12.7. The number of hydrogen-bond donors (Lipinski definition) is 2. The lowest BCUT2D eigenvalue weighted by molar-refractivity contribution is -0.114. The van der Waals surface area contributed by atoms with Crippen LogP contribution in [-0.2, 0) is 14.9 Å².